The number of ether oxygens (including phenoxy) is 1. The highest BCUT2D eigenvalue weighted by Gasteiger charge is 2.25. The van der Waals surface area contributed by atoms with Crippen molar-refractivity contribution < 1.29 is 18.1 Å². The number of anilines is 1. The van der Waals surface area contributed by atoms with Gasteiger partial charge in [-0.1, -0.05) is 11.6 Å². The van der Waals surface area contributed by atoms with Crippen LogP contribution in [0.25, 0.3) is 0 Å². The van der Waals surface area contributed by atoms with E-state index in [1.807, 2.05) is 0 Å². The maximum Gasteiger partial charge on any atom is 0.271 e. The van der Waals surface area contributed by atoms with Gasteiger partial charge >= 0.3 is 0 Å². The molecule has 122 valence electrons. The Kier molecular flexibility index (Phi) is 4.76. The van der Waals surface area contributed by atoms with Gasteiger partial charge in [-0.05, 0) is 30.3 Å². The summed E-state index contributed by atoms with van der Waals surface area (Å²) in [4.78, 5) is 10.3. The first kappa shape index (κ1) is 17.0. The van der Waals surface area contributed by atoms with E-state index in [4.69, 9.17) is 16.3 Å². The zero-order valence-corrected chi connectivity index (χ0v) is 13.8. The number of nitrogens with zero attached hydrogens (tertiary/aromatic N) is 2. The molecule has 2 rings (SSSR count). The smallest absolute Gasteiger partial charge is 0.271 e. The fourth-order valence-corrected chi connectivity index (χ4v) is 3.26. The molecule has 0 N–H and O–H groups in total. The van der Waals surface area contributed by atoms with Crippen LogP contribution in [0.1, 0.15) is 0 Å². The number of hydrogen-bond acceptors (Lipinski definition) is 5. The van der Waals surface area contributed by atoms with E-state index in [1.165, 1.54) is 50.6 Å². The topological polar surface area (TPSA) is 89.8 Å². The summed E-state index contributed by atoms with van der Waals surface area (Å²) in [6.45, 7) is 0. The molecule has 0 fully saturated rings. The SMILES string of the molecule is COc1ccc([N+](=O)[O-])cc1N(C)S(=O)(=O)c1ccc(Cl)cc1. The summed E-state index contributed by atoms with van der Waals surface area (Å²) in [5.41, 5.74) is -0.171. The average molecular weight is 357 g/mol. The highest BCUT2D eigenvalue weighted by Crippen LogP contribution is 2.34. The Bertz CT molecular complexity index is 837. The number of nitro groups is 1. The predicted octanol–water partition coefficient (Wildman–Crippen LogP) is 3.08. The van der Waals surface area contributed by atoms with Crippen molar-refractivity contribution in [3.05, 3.63) is 57.6 Å². The number of benzene rings is 2. The van der Waals surface area contributed by atoms with E-state index in [9.17, 15) is 18.5 Å². The number of sulfonamides is 1. The summed E-state index contributed by atoms with van der Waals surface area (Å²) in [6, 6.07) is 9.36. The monoisotopic (exact) mass is 356 g/mol. The minimum absolute atomic E-state index is 0.0120. The molecule has 9 heteroatoms. The van der Waals surface area contributed by atoms with Crippen LogP contribution in [-0.4, -0.2) is 27.5 Å². The maximum absolute atomic E-state index is 12.7. The molecule has 0 saturated carbocycles. The van der Waals surface area contributed by atoms with Gasteiger partial charge in [0.05, 0.1) is 16.9 Å². The Labute approximate surface area is 138 Å². The number of hydrogen-bond donors (Lipinski definition) is 0. The van der Waals surface area contributed by atoms with E-state index in [2.05, 4.69) is 0 Å². The molecule has 7 nitrogen and oxygen atoms in total. The lowest BCUT2D eigenvalue weighted by atomic mass is 10.2. The lowest BCUT2D eigenvalue weighted by Gasteiger charge is -2.21. The van der Waals surface area contributed by atoms with Crippen molar-refractivity contribution in [1.82, 2.24) is 0 Å². The van der Waals surface area contributed by atoms with Crippen LogP contribution in [0.3, 0.4) is 0 Å². The Hall–Kier alpha value is -2.32. The summed E-state index contributed by atoms with van der Waals surface area (Å²) in [6.07, 6.45) is 0. The maximum atomic E-state index is 12.7. The quantitative estimate of drug-likeness (QED) is 0.606. The van der Waals surface area contributed by atoms with Crippen molar-refractivity contribution >= 4 is 33.0 Å². The van der Waals surface area contributed by atoms with Crippen molar-refractivity contribution in [2.75, 3.05) is 18.5 Å². The molecule has 0 saturated heterocycles. The molecule has 0 aliphatic heterocycles. The standard InChI is InChI=1S/C14H13ClN2O5S/c1-16(23(20,21)12-6-3-10(15)4-7-12)13-9-11(17(18)19)5-8-14(13)22-2/h3-9H,1-2H3. The summed E-state index contributed by atoms with van der Waals surface area (Å²) in [5, 5.41) is 11.3. The van der Waals surface area contributed by atoms with E-state index in [0.717, 1.165) is 10.4 Å². The molecule has 2 aromatic carbocycles. The van der Waals surface area contributed by atoms with Gasteiger partial charge < -0.3 is 4.74 Å². The van der Waals surface area contributed by atoms with Crippen LogP contribution in [0.2, 0.25) is 5.02 Å². The molecule has 0 unspecified atom stereocenters. The molecule has 0 aromatic heterocycles. The van der Waals surface area contributed by atoms with Crippen LogP contribution < -0.4 is 9.04 Å². The van der Waals surface area contributed by atoms with Crippen molar-refractivity contribution in [3.8, 4) is 5.75 Å². The van der Waals surface area contributed by atoms with Crippen molar-refractivity contribution in [2.45, 2.75) is 4.90 Å². The Morgan fingerprint density at radius 1 is 1.17 bits per heavy atom. The van der Waals surface area contributed by atoms with Crippen LogP contribution in [0, 0.1) is 10.1 Å². The fraction of sp³-hybridized carbons (Fsp3) is 0.143. The molecule has 0 aliphatic rings. The second-order valence-corrected chi connectivity index (χ2v) is 6.95. The summed E-state index contributed by atoms with van der Waals surface area (Å²) in [7, 11) is -1.26. The molecule has 23 heavy (non-hydrogen) atoms. The van der Waals surface area contributed by atoms with Gasteiger partial charge in [-0.15, -0.1) is 0 Å². The molecular formula is C14H13ClN2O5S. The van der Waals surface area contributed by atoms with Crippen LogP contribution >= 0.6 is 11.6 Å². The summed E-state index contributed by atoms with van der Waals surface area (Å²) >= 11 is 5.76. The lowest BCUT2D eigenvalue weighted by Crippen LogP contribution is -2.27. The van der Waals surface area contributed by atoms with Gasteiger partial charge in [0.1, 0.15) is 11.4 Å². The van der Waals surface area contributed by atoms with Crippen molar-refractivity contribution in [2.24, 2.45) is 0 Å². The van der Waals surface area contributed by atoms with Crippen LogP contribution in [0.5, 0.6) is 5.75 Å². The zero-order valence-electron chi connectivity index (χ0n) is 12.3. The minimum atomic E-state index is -3.91. The average Bonchev–Trinajstić information content (AvgIpc) is 2.53. The number of non-ortho nitro benzene ring substituents is 1. The van der Waals surface area contributed by atoms with Crippen molar-refractivity contribution in [3.63, 3.8) is 0 Å². The Morgan fingerprint density at radius 3 is 2.30 bits per heavy atom. The number of halogens is 1. The van der Waals surface area contributed by atoms with E-state index in [1.54, 1.807) is 0 Å². The van der Waals surface area contributed by atoms with E-state index < -0.39 is 14.9 Å². The van der Waals surface area contributed by atoms with E-state index in [0.29, 0.717) is 5.02 Å². The van der Waals surface area contributed by atoms with Gasteiger partial charge in [-0.2, -0.15) is 0 Å². The summed E-state index contributed by atoms with van der Waals surface area (Å²) in [5.74, 6) is 0.204. The molecule has 0 radical (unpaired) electrons. The third kappa shape index (κ3) is 3.38. The van der Waals surface area contributed by atoms with Crippen LogP contribution in [0.4, 0.5) is 11.4 Å². The predicted molar refractivity (Wildman–Crippen MR) is 86.7 cm³/mol. The van der Waals surface area contributed by atoms with E-state index in [-0.39, 0.29) is 22.0 Å². The van der Waals surface area contributed by atoms with E-state index >= 15 is 0 Å². The number of nitro benzene ring substituents is 1. The largest absolute Gasteiger partial charge is 0.495 e. The number of rotatable bonds is 5. The normalized spacial score (nSPS) is 11.1. The first-order valence-corrected chi connectivity index (χ1v) is 8.16. The Balaban J connectivity index is 2.54. The molecule has 0 bridgehead atoms. The highest BCUT2D eigenvalue weighted by atomic mass is 35.5. The Morgan fingerprint density at radius 2 is 1.78 bits per heavy atom. The van der Waals surface area contributed by atoms with Gasteiger partial charge in [0, 0.05) is 24.2 Å². The number of methoxy groups -OCH3 is 1. The van der Waals surface area contributed by atoms with Crippen LogP contribution in [-0.2, 0) is 10.0 Å². The van der Waals surface area contributed by atoms with Gasteiger partial charge in [0.25, 0.3) is 15.7 Å². The first-order chi connectivity index (χ1) is 10.8. The minimum Gasteiger partial charge on any atom is -0.495 e. The van der Waals surface area contributed by atoms with Crippen LogP contribution in [0.15, 0.2) is 47.4 Å². The summed E-state index contributed by atoms with van der Waals surface area (Å²) < 4.78 is 31.3. The molecule has 0 spiro atoms. The van der Waals surface area contributed by atoms with Crippen molar-refractivity contribution in [1.29, 1.82) is 0 Å². The zero-order chi connectivity index (χ0) is 17.2. The molecule has 0 heterocycles. The molecular weight excluding hydrogens is 344 g/mol. The molecule has 0 aliphatic carbocycles. The second kappa shape index (κ2) is 6.43. The molecule has 0 amide bonds. The first-order valence-electron chi connectivity index (χ1n) is 6.34. The highest BCUT2D eigenvalue weighted by molar-refractivity contribution is 7.92. The van der Waals surface area contributed by atoms with Gasteiger partial charge in [-0.3, -0.25) is 14.4 Å². The molecule has 0 atom stereocenters. The molecule has 2 aromatic rings. The lowest BCUT2D eigenvalue weighted by molar-refractivity contribution is -0.384. The van der Waals surface area contributed by atoms with Gasteiger partial charge in [0.15, 0.2) is 0 Å². The third-order valence-electron chi connectivity index (χ3n) is 3.18. The third-order valence-corrected chi connectivity index (χ3v) is 5.22. The van der Waals surface area contributed by atoms with Gasteiger partial charge in [0.2, 0.25) is 0 Å². The fourth-order valence-electron chi connectivity index (χ4n) is 1.93. The second-order valence-electron chi connectivity index (χ2n) is 4.54. The van der Waals surface area contributed by atoms with Gasteiger partial charge in [-0.25, -0.2) is 8.42 Å².